The van der Waals surface area contributed by atoms with E-state index >= 15 is 0 Å². The van der Waals surface area contributed by atoms with Gasteiger partial charge in [-0.15, -0.1) is 0 Å². The maximum atomic E-state index is 11.7. The second-order valence-electron chi connectivity index (χ2n) is 3.07. The van der Waals surface area contributed by atoms with Gasteiger partial charge in [0, 0.05) is 9.77 Å². The molecule has 1 aromatic carbocycles. The maximum absolute atomic E-state index is 11.7. The van der Waals surface area contributed by atoms with Gasteiger partial charge in [-0.25, -0.2) is 0 Å². The van der Waals surface area contributed by atoms with Gasteiger partial charge in [0.1, 0.15) is 0 Å². The minimum atomic E-state index is -0.239. The third-order valence-corrected chi connectivity index (χ3v) is 2.92. The van der Waals surface area contributed by atoms with E-state index in [4.69, 9.17) is 11.6 Å². The second kappa shape index (κ2) is 4.84. The van der Waals surface area contributed by atoms with E-state index in [9.17, 15) is 4.79 Å². The van der Waals surface area contributed by atoms with Crippen molar-refractivity contribution in [1.82, 2.24) is 10.2 Å². The number of hydrogen-bond donors (Lipinski definition) is 2. The summed E-state index contributed by atoms with van der Waals surface area (Å²) in [7, 11) is 0. The molecule has 1 heterocycles. The van der Waals surface area contributed by atoms with E-state index in [0.29, 0.717) is 16.3 Å². The Balaban J connectivity index is 2.18. The molecule has 0 spiro atoms. The largest absolute Gasteiger partial charge is 0.321 e. The van der Waals surface area contributed by atoms with E-state index in [2.05, 4.69) is 38.1 Å². The molecule has 2 aromatic rings. The zero-order valence-corrected chi connectivity index (χ0v) is 10.9. The van der Waals surface area contributed by atoms with Crippen molar-refractivity contribution in [3.05, 3.63) is 44.7 Å². The number of aromatic amines is 1. The summed E-state index contributed by atoms with van der Waals surface area (Å²) in [6.07, 6.45) is 2.98. The number of amides is 1. The van der Waals surface area contributed by atoms with Gasteiger partial charge in [-0.1, -0.05) is 11.6 Å². The molecule has 82 valence electrons. The van der Waals surface area contributed by atoms with Crippen molar-refractivity contribution in [2.75, 3.05) is 5.32 Å². The van der Waals surface area contributed by atoms with Gasteiger partial charge in [0.15, 0.2) is 0 Å². The van der Waals surface area contributed by atoms with Gasteiger partial charge in [-0.2, -0.15) is 5.10 Å². The molecule has 2 N–H and O–H groups in total. The highest BCUT2D eigenvalue weighted by atomic mass is 127. The van der Waals surface area contributed by atoms with Crippen LogP contribution in [0, 0.1) is 3.57 Å². The predicted molar refractivity (Wildman–Crippen MR) is 70.7 cm³/mol. The molecule has 16 heavy (non-hydrogen) atoms. The monoisotopic (exact) mass is 347 g/mol. The first-order valence-electron chi connectivity index (χ1n) is 4.42. The first kappa shape index (κ1) is 11.4. The molecule has 0 fully saturated rings. The molecular weight excluding hydrogens is 340 g/mol. The van der Waals surface area contributed by atoms with Crippen molar-refractivity contribution in [2.24, 2.45) is 0 Å². The number of rotatable bonds is 2. The SMILES string of the molecule is O=C(Nc1ccc(I)cc1Cl)c1cn[nH]c1. The number of hydrogen-bond acceptors (Lipinski definition) is 2. The Morgan fingerprint density at radius 1 is 1.50 bits per heavy atom. The second-order valence-corrected chi connectivity index (χ2v) is 4.72. The van der Waals surface area contributed by atoms with Gasteiger partial charge >= 0.3 is 0 Å². The number of anilines is 1. The van der Waals surface area contributed by atoms with E-state index in [1.807, 2.05) is 6.07 Å². The highest BCUT2D eigenvalue weighted by Crippen LogP contribution is 2.24. The molecule has 0 aliphatic heterocycles. The van der Waals surface area contributed by atoms with Gasteiger partial charge in [-0.3, -0.25) is 9.89 Å². The Hall–Kier alpha value is -1.08. The first-order valence-corrected chi connectivity index (χ1v) is 5.87. The van der Waals surface area contributed by atoms with Crippen LogP contribution < -0.4 is 5.32 Å². The zero-order valence-electron chi connectivity index (χ0n) is 8.00. The quantitative estimate of drug-likeness (QED) is 0.821. The average Bonchev–Trinajstić information content (AvgIpc) is 2.75. The molecule has 0 aliphatic carbocycles. The van der Waals surface area contributed by atoms with Gasteiger partial charge in [0.25, 0.3) is 5.91 Å². The average molecular weight is 348 g/mol. The summed E-state index contributed by atoms with van der Waals surface area (Å²) in [5, 5.41) is 9.50. The molecular formula is C10H7ClIN3O. The van der Waals surface area contributed by atoms with Gasteiger partial charge in [0.2, 0.25) is 0 Å². The molecule has 0 saturated carbocycles. The number of nitrogens with one attached hydrogen (secondary N) is 2. The number of halogens is 2. The maximum Gasteiger partial charge on any atom is 0.258 e. The van der Waals surface area contributed by atoms with Crippen LogP contribution in [0.2, 0.25) is 5.02 Å². The molecule has 0 unspecified atom stereocenters. The molecule has 0 aliphatic rings. The Morgan fingerprint density at radius 3 is 2.94 bits per heavy atom. The predicted octanol–water partition coefficient (Wildman–Crippen LogP) is 2.92. The standard InChI is InChI=1S/C10H7ClIN3O/c11-8-3-7(12)1-2-9(8)15-10(16)6-4-13-14-5-6/h1-5H,(H,13,14)(H,15,16). The van der Waals surface area contributed by atoms with E-state index in [1.165, 1.54) is 12.4 Å². The van der Waals surface area contributed by atoms with E-state index in [1.54, 1.807) is 12.1 Å². The fourth-order valence-electron chi connectivity index (χ4n) is 1.16. The molecule has 0 atom stereocenters. The lowest BCUT2D eigenvalue weighted by Crippen LogP contribution is -2.11. The molecule has 0 bridgehead atoms. The van der Waals surface area contributed by atoms with Crippen molar-refractivity contribution in [3.8, 4) is 0 Å². The third kappa shape index (κ3) is 2.53. The third-order valence-electron chi connectivity index (χ3n) is 1.94. The smallest absolute Gasteiger partial charge is 0.258 e. The summed E-state index contributed by atoms with van der Waals surface area (Å²) in [4.78, 5) is 11.7. The number of carbonyl (C=O) groups is 1. The molecule has 4 nitrogen and oxygen atoms in total. The zero-order chi connectivity index (χ0) is 11.5. The minimum absolute atomic E-state index is 0.239. The van der Waals surface area contributed by atoms with Crippen LogP contribution in [0.15, 0.2) is 30.6 Å². The lowest BCUT2D eigenvalue weighted by Gasteiger charge is -2.05. The number of nitrogens with zero attached hydrogens (tertiary/aromatic N) is 1. The molecule has 0 saturated heterocycles. The Kier molecular flexibility index (Phi) is 3.45. The lowest BCUT2D eigenvalue weighted by molar-refractivity contribution is 0.102. The Bertz CT molecular complexity index is 513. The first-order chi connectivity index (χ1) is 7.66. The number of benzene rings is 1. The van der Waals surface area contributed by atoms with Crippen LogP contribution in [-0.2, 0) is 0 Å². The van der Waals surface area contributed by atoms with Gasteiger partial charge in [-0.05, 0) is 40.8 Å². The summed E-state index contributed by atoms with van der Waals surface area (Å²) in [6, 6.07) is 5.42. The van der Waals surface area contributed by atoms with Gasteiger partial charge < -0.3 is 5.32 Å². The highest BCUT2D eigenvalue weighted by Gasteiger charge is 2.09. The Morgan fingerprint density at radius 2 is 2.31 bits per heavy atom. The lowest BCUT2D eigenvalue weighted by atomic mass is 10.3. The summed E-state index contributed by atoms with van der Waals surface area (Å²) >= 11 is 8.15. The van der Waals surface area contributed by atoms with Crippen LogP contribution >= 0.6 is 34.2 Å². The van der Waals surface area contributed by atoms with Crippen LogP contribution in [0.3, 0.4) is 0 Å². The van der Waals surface area contributed by atoms with Crippen LogP contribution in [0.1, 0.15) is 10.4 Å². The number of aromatic nitrogens is 2. The number of H-pyrrole nitrogens is 1. The van der Waals surface area contributed by atoms with Crippen molar-refractivity contribution in [3.63, 3.8) is 0 Å². The topological polar surface area (TPSA) is 57.8 Å². The summed E-state index contributed by atoms with van der Waals surface area (Å²) in [6.45, 7) is 0. The van der Waals surface area contributed by atoms with E-state index in [-0.39, 0.29) is 5.91 Å². The fourth-order valence-corrected chi connectivity index (χ4v) is 2.06. The van der Waals surface area contributed by atoms with Crippen molar-refractivity contribution < 1.29 is 4.79 Å². The normalized spacial score (nSPS) is 10.1. The van der Waals surface area contributed by atoms with Gasteiger partial charge in [0.05, 0.1) is 22.5 Å². The summed E-state index contributed by atoms with van der Waals surface area (Å²) in [5.41, 5.74) is 1.06. The molecule has 1 aromatic heterocycles. The van der Waals surface area contributed by atoms with E-state index < -0.39 is 0 Å². The minimum Gasteiger partial charge on any atom is -0.321 e. The van der Waals surface area contributed by atoms with Crippen LogP contribution in [0.5, 0.6) is 0 Å². The number of carbonyl (C=O) groups excluding carboxylic acids is 1. The van der Waals surface area contributed by atoms with Crippen molar-refractivity contribution >= 4 is 45.8 Å². The molecule has 0 radical (unpaired) electrons. The summed E-state index contributed by atoms with van der Waals surface area (Å²) in [5.74, 6) is -0.239. The van der Waals surface area contributed by atoms with Crippen LogP contribution in [0.25, 0.3) is 0 Å². The van der Waals surface area contributed by atoms with Crippen molar-refractivity contribution in [2.45, 2.75) is 0 Å². The summed E-state index contributed by atoms with van der Waals surface area (Å²) < 4.78 is 1.02. The fraction of sp³-hybridized carbons (Fsp3) is 0. The highest BCUT2D eigenvalue weighted by molar-refractivity contribution is 14.1. The molecule has 2 rings (SSSR count). The Labute approximate surface area is 111 Å². The van der Waals surface area contributed by atoms with E-state index in [0.717, 1.165) is 3.57 Å². The van der Waals surface area contributed by atoms with Crippen LogP contribution in [0.4, 0.5) is 5.69 Å². The van der Waals surface area contributed by atoms with Crippen LogP contribution in [-0.4, -0.2) is 16.1 Å². The molecule has 1 amide bonds. The molecule has 6 heteroatoms. The van der Waals surface area contributed by atoms with Crippen molar-refractivity contribution in [1.29, 1.82) is 0 Å².